The molecule has 4 aliphatic carbocycles. The number of aliphatic carboxylic acids is 4. The average Bonchev–Trinajstić information content (AvgIpc) is 1.64. The molecule has 0 unspecified atom stereocenters. The molecule has 0 bridgehead atoms. The van der Waals surface area contributed by atoms with Crippen LogP contribution in [0.25, 0.3) is 65.4 Å². The number of carboxylic acid groups (broad SMARTS) is 4. The lowest BCUT2D eigenvalue weighted by Gasteiger charge is -2.26. The van der Waals surface area contributed by atoms with Gasteiger partial charge in [0, 0.05) is 73.5 Å². The van der Waals surface area contributed by atoms with Gasteiger partial charge in [-0.2, -0.15) is 0 Å². The Kier molecular flexibility index (Phi) is 32.9. The van der Waals surface area contributed by atoms with E-state index in [1.165, 1.54) is 20.8 Å². The first-order valence-corrected chi connectivity index (χ1v) is 40.9. The van der Waals surface area contributed by atoms with Crippen molar-refractivity contribution in [2.75, 3.05) is 39.5 Å². The third kappa shape index (κ3) is 23.1. The molecule has 26 nitrogen and oxygen atoms in total. The molecule has 0 saturated heterocycles. The van der Waals surface area contributed by atoms with Crippen molar-refractivity contribution in [1.82, 2.24) is 21.3 Å². The molecule has 8 aromatic rings. The van der Waals surface area contributed by atoms with Gasteiger partial charge in [0.15, 0.2) is 0 Å². The number of azide groups is 2. The van der Waals surface area contributed by atoms with Crippen LogP contribution in [0.4, 0.5) is 19.2 Å². The normalized spacial score (nSPS) is 13.8. The minimum absolute atomic E-state index is 0.0749. The van der Waals surface area contributed by atoms with Gasteiger partial charge in [0.1, 0.15) is 49.1 Å². The molecule has 592 valence electrons. The highest BCUT2D eigenvalue weighted by Crippen LogP contribution is 2.48. The van der Waals surface area contributed by atoms with Crippen LogP contribution in [-0.2, 0) is 61.7 Å². The van der Waals surface area contributed by atoms with Crippen molar-refractivity contribution >= 4 is 86.0 Å². The van der Waals surface area contributed by atoms with Gasteiger partial charge in [-0.05, 0) is 170 Å². The van der Waals surface area contributed by atoms with E-state index in [0.29, 0.717) is 25.7 Å². The fourth-order valence-electron chi connectivity index (χ4n) is 13.9. The van der Waals surface area contributed by atoms with Crippen LogP contribution in [0.2, 0.25) is 0 Å². The van der Waals surface area contributed by atoms with Gasteiger partial charge in [-0.15, -0.1) is 24.7 Å². The topological polar surface area (TPSA) is 400 Å². The van der Waals surface area contributed by atoms with Gasteiger partial charge in [-0.1, -0.05) is 217 Å². The molecule has 0 aromatic heterocycles. The van der Waals surface area contributed by atoms with Gasteiger partial charge in [-0.3, -0.25) is 0 Å². The highest BCUT2D eigenvalue weighted by Gasteiger charge is 2.40. The number of hydrogen-bond acceptors (Lipinski definition) is 16. The molecule has 0 fully saturated rings. The minimum atomic E-state index is -1.56. The Bertz CT molecular complexity index is 4740. The maximum absolute atomic E-state index is 12.4. The molecule has 4 amide bonds. The summed E-state index contributed by atoms with van der Waals surface area (Å²) >= 11 is 8.82. The molecule has 0 heterocycles. The number of unbranched alkanes of at least 4 members (excludes halogenated alkanes) is 2. The highest BCUT2D eigenvalue weighted by atomic mass is 32.7. The van der Waals surface area contributed by atoms with E-state index in [4.69, 9.17) is 48.0 Å². The summed E-state index contributed by atoms with van der Waals surface area (Å²) in [6, 6.07) is 62.8. The summed E-state index contributed by atoms with van der Waals surface area (Å²) in [4.78, 5) is 100. The van der Waals surface area contributed by atoms with Crippen molar-refractivity contribution in [1.29, 1.82) is 0 Å². The van der Waals surface area contributed by atoms with E-state index in [0.717, 1.165) is 103 Å². The number of carbonyl (C=O) groups is 8. The zero-order valence-electron chi connectivity index (χ0n) is 63.0. The molecule has 8 aromatic carbocycles. The number of rotatable bonds is 29. The summed E-state index contributed by atoms with van der Waals surface area (Å²) in [5, 5.41) is 53.9. The van der Waals surface area contributed by atoms with Crippen LogP contribution in [-0.4, -0.2) is 131 Å². The molecule has 115 heavy (non-hydrogen) atoms. The number of fused-ring (bicyclic) bond motifs is 12. The van der Waals surface area contributed by atoms with E-state index in [-0.39, 0.29) is 88.9 Å². The van der Waals surface area contributed by atoms with Crippen molar-refractivity contribution in [3.8, 4) is 69.2 Å². The lowest BCUT2D eigenvalue weighted by molar-refractivity contribution is -0.145. The lowest BCUT2D eigenvalue weighted by Crippen LogP contribution is -2.52. The summed E-state index contributed by atoms with van der Waals surface area (Å²) < 4.78 is 21.5. The highest BCUT2D eigenvalue weighted by molar-refractivity contribution is 8.40. The SMILES string of the molecule is C#CC[C@H](NC(=O)OCC1c2ccccc2-c2ccccc21)C(=O)O.C#CC[C@](C)(NC(=O)OCC1c2ccccc2-c2ccccc21)C(=O)O.C[C@@](CCCCN=[N+]=[N-])(NC(=O)OCC1c2ccccc2-c2ccccc21)C(=O)O.C[C@](CCCCN=[N+]=[N-])(NC(=O)OCC1c2ccccc2-c2ccccc21)C(=O)O.S=PP=S. The number of alkyl carbamates (subject to hydrolysis) is 4. The van der Waals surface area contributed by atoms with Gasteiger partial charge in [0.05, 0.1) is 0 Å². The predicted octanol–water partition coefficient (Wildman–Crippen LogP) is 17.8. The third-order valence-corrected chi connectivity index (χ3v) is 22.5. The van der Waals surface area contributed by atoms with Crippen molar-refractivity contribution in [2.45, 2.75) is 118 Å². The average molecular weight is 1630 g/mol. The van der Waals surface area contributed by atoms with E-state index in [1.807, 2.05) is 194 Å². The zero-order chi connectivity index (χ0) is 83.1. The largest absolute Gasteiger partial charge is 0.480 e. The molecule has 0 saturated carbocycles. The smallest absolute Gasteiger partial charge is 0.408 e. The quantitative estimate of drug-likeness (QED) is 0.00410. The van der Waals surface area contributed by atoms with Gasteiger partial charge >= 0.3 is 48.3 Å². The van der Waals surface area contributed by atoms with Crippen molar-refractivity contribution < 1.29 is 77.7 Å². The second-order valence-electron chi connectivity index (χ2n) is 27.4. The van der Waals surface area contributed by atoms with Gasteiger partial charge in [0.25, 0.3) is 0 Å². The third-order valence-electron chi connectivity index (χ3n) is 19.8. The molecule has 8 N–H and O–H groups in total. The molecule has 12 rings (SSSR count). The van der Waals surface area contributed by atoms with Crippen LogP contribution in [0.1, 0.15) is 140 Å². The van der Waals surface area contributed by atoms with Crippen molar-refractivity contribution in [2.24, 2.45) is 10.2 Å². The summed E-state index contributed by atoms with van der Waals surface area (Å²) in [5.74, 6) is -0.527. The Labute approximate surface area is 678 Å². The van der Waals surface area contributed by atoms with Crippen LogP contribution in [0.5, 0.6) is 0 Å². The Morgan fingerprint density at radius 2 is 0.661 bits per heavy atom. The standard InChI is InChI=1S/2C22H24N4O4.C21H19NO4.C20H17NO4.P2S2/c2*1-22(20(27)28,12-6-7-13-24-26-23)25-21(29)30-14-19-17-10-4-2-8-15(17)16-9-3-5-11-18(16)19;1-3-12-21(2,19(23)24)22-20(25)26-13-18-16-10-6-4-8-14(16)15-9-5-7-11-17(15)18;1-2-7-18(19(22)23)21-20(24)25-12-17-15-10-5-3-8-13(15)14-9-4-6-11-16(14)17;3-1-2-4/h2*2-5,8-11,19H,6-7,12-14H2,1H3,(H,25,29)(H,27,28);1,4-11,18H,12-13H2,2H3,(H,22,25)(H,23,24);1,3-6,8-11,17-18H,7,12H2,(H,21,24)(H,22,23);/t2*22-;21-;18-;/m1000./s1. The molecule has 4 atom stereocenters. The number of amides is 4. The van der Waals surface area contributed by atoms with Crippen molar-refractivity contribution in [3.05, 3.63) is 260 Å². The Balaban J connectivity index is 0.000000189. The number of hydrogen-bond donors (Lipinski definition) is 8. The molecule has 0 radical (unpaired) electrons. The number of carboxylic acids is 4. The summed E-state index contributed by atoms with van der Waals surface area (Å²) in [5.41, 5.74) is 29.8. The summed E-state index contributed by atoms with van der Waals surface area (Å²) in [7, 11) is 1.74. The predicted molar refractivity (Wildman–Crippen MR) is 444 cm³/mol. The number of benzene rings is 8. The van der Waals surface area contributed by atoms with Crippen LogP contribution >= 0.6 is 14.1 Å². The summed E-state index contributed by atoms with van der Waals surface area (Å²) in [6.45, 7) is 5.31. The Morgan fingerprint density at radius 1 is 0.417 bits per heavy atom. The van der Waals surface area contributed by atoms with E-state index in [1.54, 1.807) is 0 Å². The summed E-state index contributed by atoms with van der Waals surface area (Å²) in [6.07, 6.45) is 9.44. The van der Waals surface area contributed by atoms with Crippen LogP contribution in [0.3, 0.4) is 0 Å². The molecule has 30 heteroatoms. The van der Waals surface area contributed by atoms with E-state index in [2.05, 4.69) is 76.8 Å². The van der Waals surface area contributed by atoms with Crippen LogP contribution in [0, 0.1) is 24.7 Å². The first-order chi connectivity index (χ1) is 55.4. The number of terminal acetylenes is 2. The van der Waals surface area contributed by atoms with E-state index < -0.39 is 70.9 Å². The second-order valence-corrected chi connectivity index (χ2v) is 31.6. The number of carbonyl (C=O) groups excluding carboxylic acids is 4. The monoisotopic (exact) mass is 1630 g/mol. The number of nitrogens with zero attached hydrogens (tertiary/aromatic N) is 6. The molecule has 0 spiro atoms. The van der Waals surface area contributed by atoms with Crippen LogP contribution < -0.4 is 21.3 Å². The minimum Gasteiger partial charge on any atom is -0.480 e. The fourth-order valence-corrected chi connectivity index (χ4v) is 13.9. The molecule has 0 aliphatic heterocycles. The number of nitrogens with one attached hydrogen (secondary N) is 4. The molecule has 4 aliphatic rings. The van der Waals surface area contributed by atoms with Crippen LogP contribution in [0.15, 0.2) is 204 Å². The Hall–Kier alpha value is -12.5. The second kappa shape index (κ2) is 42.9. The maximum Gasteiger partial charge on any atom is 0.408 e. The first kappa shape index (κ1) is 88.1. The van der Waals surface area contributed by atoms with Crippen molar-refractivity contribution in [3.63, 3.8) is 0 Å². The maximum atomic E-state index is 12.4. The fraction of sp³-hybridized carbons (Fsp3) is 0.294. The molecular formula is C85H84N10O16P2S2. The van der Waals surface area contributed by atoms with Gasteiger partial charge in [0.2, 0.25) is 0 Å². The zero-order valence-corrected chi connectivity index (χ0v) is 66.4. The Morgan fingerprint density at radius 3 is 0.878 bits per heavy atom. The number of ether oxygens (including phenoxy) is 4. The lowest BCUT2D eigenvalue weighted by atomic mass is 9.95. The van der Waals surface area contributed by atoms with Gasteiger partial charge in [-0.25, -0.2) is 38.4 Å². The van der Waals surface area contributed by atoms with E-state index in [9.17, 15) is 53.7 Å². The first-order valence-electron chi connectivity index (χ1n) is 36.4. The van der Waals surface area contributed by atoms with Gasteiger partial charge < -0.3 is 60.6 Å². The van der Waals surface area contributed by atoms with E-state index >= 15 is 0 Å². The molecular weight excluding hydrogens is 1540 g/mol.